The van der Waals surface area contributed by atoms with E-state index in [1.165, 1.54) is 16.3 Å². The molecule has 3 aromatic carbocycles. The van der Waals surface area contributed by atoms with Crippen LogP contribution in [0.5, 0.6) is 0 Å². The van der Waals surface area contributed by atoms with E-state index in [4.69, 9.17) is 16.6 Å². The number of amides is 1. The van der Waals surface area contributed by atoms with E-state index in [0.29, 0.717) is 45.2 Å². The minimum Gasteiger partial charge on any atom is -0.326 e. The van der Waals surface area contributed by atoms with Crippen molar-refractivity contribution >= 4 is 51.6 Å². The van der Waals surface area contributed by atoms with Crippen LogP contribution in [0.15, 0.2) is 70.6 Å². The number of aromatic nitrogens is 2. The molecule has 1 aromatic heterocycles. The molecule has 5 rings (SSSR count). The second-order valence-electron chi connectivity index (χ2n) is 8.07. The minimum absolute atomic E-state index is 0.0150. The van der Waals surface area contributed by atoms with Crippen molar-refractivity contribution in [3.8, 4) is 5.69 Å². The molecule has 0 aliphatic carbocycles. The number of nitrogens with one attached hydrogen (secondary N) is 1. The van der Waals surface area contributed by atoms with Crippen LogP contribution in [-0.4, -0.2) is 27.0 Å². The fourth-order valence-electron chi connectivity index (χ4n) is 4.03. The lowest BCUT2D eigenvalue weighted by Gasteiger charge is -2.17. The number of rotatable bonds is 5. The van der Waals surface area contributed by atoms with Crippen LogP contribution in [0.1, 0.15) is 27.9 Å². The first-order valence-electron chi connectivity index (χ1n) is 10.8. The molecule has 0 atom stereocenters. The summed E-state index contributed by atoms with van der Waals surface area (Å²) in [5, 5.41) is 4.29. The van der Waals surface area contributed by atoms with Crippen LogP contribution < -0.4 is 10.9 Å². The van der Waals surface area contributed by atoms with Gasteiger partial charge in [0.1, 0.15) is 0 Å². The van der Waals surface area contributed by atoms with E-state index in [1.807, 2.05) is 25.1 Å². The molecular weight excluding hydrogens is 470 g/mol. The predicted molar refractivity (Wildman–Crippen MR) is 136 cm³/mol. The van der Waals surface area contributed by atoms with Crippen LogP contribution in [0.3, 0.4) is 0 Å². The van der Waals surface area contributed by atoms with Gasteiger partial charge in [0.05, 0.1) is 22.3 Å². The van der Waals surface area contributed by atoms with Gasteiger partial charge in [-0.15, -0.1) is 0 Å². The number of carbonyl (C=O) groups excluding carboxylic acids is 2. The summed E-state index contributed by atoms with van der Waals surface area (Å²) in [4.78, 5) is 42.8. The van der Waals surface area contributed by atoms with Gasteiger partial charge >= 0.3 is 0 Å². The molecule has 0 radical (unpaired) electrons. The Morgan fingerprint density at radius 1 is 1.09 bits per heavy atom. The summed E-state index contributed by atoms with van der Waals surface area (Å²) >= 11 is 7.55. The number of benzene rings is 3. The number of Topliss-reactive ketones (excluding diaryl/α,β-unsaturated/α-hetero) is 1. The molecule has 170 valence electrons. The van der Waals surface area contributed by atoms with Crippen LogP contribution in [0.25, 0.3) is 16.6 Å². The first kappa shape index (κ1) is 22.4. The van der Waals surface area contributed by atoms with Crippen LogP contribution in [0, 0.1) is 6.92 Å². The Bertz CT molecular complexity index is 1530. The topological polar surface area (TPSA) is 81.1 Å². The summed E-state index contributed by atoms with van der Waals surface area (Å²) in [5.41, 5.74) is 4.02. The van der Waals surface area contributed by atoms with Gasteiger partial charge in [0.15, 0.2) is 10.9 Å². The largest absolute Gasteiger partial charge is 0.326 e. The fraction of sp³-hybridized carbons (Fsp3) is 0.154. The first-order chi connectivity index (χ1) is 16.4. The second-order valence-corrected chi connectivity index (χ2v) is 9.42. The number of fused-ring (bicyclic) bond motifs is 2. The maximum Gasteiger partial charge on any atom is 0.266 e. The molecular formula is C26H20ClN3O3S. The third kappa shape index (κ3) is 4.13. The Hall–Kier alpha value is -3.42. The van der Waals surface area contributed by atoms with E-state index in [2.05, 4.69) is 5.32 Å². The zero-order chi connectivity index (χ0) is 23.8. The van der Waals surface area contributed by atoms with Gasteiger partial charge in [-0.1, -0.05) is 41.6 Å². The Kier molecular flexibility index (Phi) is 5.98. The number of hydrogen-bond acceptors (Lipinski definition) is 5. The normalized spacial score (nSPS) is 12.9. The van der Waals surface area contributed by atoms with Gasteiger partial charge in [-0.05, 0) is 66.9 Å². The fourth-order valence-corrected chi connectivity index (χ4v) is 5.10. The van der Waals surface area contributed by atoms with E-state index in [9.17, 15) is 14.4 Å². The van der Waals surface area contributed by atoms with Crippen molar-refractivity contribution in [3.05, 3.63) is 92.7 Å². The molecule has 0 saturated heterocycles. The van der Waals surface area contributed by atoms with E-state index >= 15 is 0 Å². The molecule has 1 amide bonds. The molecule has 2 heterocycles. The summed E-state index contributed by atoms with van der Waals surface area (Å²) < 4.78 is 1.53. The van der Waals surface area contributed by atoms with Gasteiger partial charge in [0, 0.05) is 22.7 Å². The zero-order valence-electron chi connectivity index (χ0n) is 18.3. The minimum atomic E-state index is -0.213. The quantitative estimate of drug-likeness (QED) is 0.236. The van der Waals surface area contributed by atoms with Gasteiger partial charge in [-0.3, -0.25) is 19.0 Å². The Labute approximate surface area is 205 Å². The smallest absolute Gasteiger partial charge is 0.266 e. The molecule has 6 nitrogen and oxygen atoms in total. The van der Waals surface area contributed by atoms with Gasteiger partial charge < -0.3 is 5.32 Å². The van der Waals surface area contributed by atoms with Crippen LogP contribution >= 0.6 is 23.4 Å². The summed E-state index contributed by atoms with van der Waals surface area (Å²) in [6.45, 7) is 1.85. The number of aryl methyl sites for hydroxylation is 1. The molecule has 0 spiro atoms. The molecule has 0 saturated carbocycles. The van der Waals surface area contributed by atoms with Gasteiger partial charge in [-0.25, -0.2) is 4.98 Å². The maximum atomic E-state index is 13.5. The van der Waals surface area contributed by atoms with E-state index in [-0.39, 0.29) is 23.0 Å². The summed E-state index contributed by atoms with van der Waals surface area (Å²) in [7, 11) is 0. The maximum absolute atomic E-state index is 13.5. The highest BCUT2D eigenvalue weighted by atomic mass is 35.5. The van der Waals surface area contributed by atoms with Crippen LogP contribution in [0.2, 0.25) is 5.02 Å². The summed E-state index contributed by atoms with van der Waals surface area (Å²) in [5.74, 6) is 0.00971. The molecule has 8 heteroatoms. The van der Waals surface area contributed by atoms with Crippen molar-refractivity contribution in [3.63, 3.8) is 0 Å². The molecule has 34 heavy (non-hydrogen) atoms. The molecule has 0 fully saturated rings. The monoisotopic (exact) mass is 489 g/mol. The number of anilines is 1. The van der Waals surface area contributed by atoms with Gasteiger partial charge in [-0.2, -0.15) is 0 Å². The zero-order valence-corrected chi connectivity index (χ0v) is 19.9. The van der Waals surface area contributed by atoms with Crippen molar-refractivity contribution < 1.29 is 9.59 Å². The Morgan fingerprint density at radius 2 is 1.91 bits per heavy atom. The predicted octanol–water partition coefficient (Wildman–Crippen LogP) is 5.21. The standard InChI is InChI=1S/C26H20ClN3O3S/c1-15-19(27)6-4-8-22(15)30-25(33)18-5-2-3-7-21(18)29-26(30)34-14-23(31)17-9-11-20-16(13-17)10-12-24(32)28-20/h2-9,11,13H,10,12,14H2,1H3,(H,28,32). The highest BCUT2D eigenvalue weighted by molar-refractivity contribution is 7.99. The lowest BCUT2D eigenvalue weighted by molar-refractivity contribution is -0.116. The van der Waals surface area contributed by atoms with Crippen LogP contribution in [0.4, 0.5) is 5.69 Å². The number of halogens is 1. The van der Waals surface area contributed by atoms with Crippen LogP contribution in [-0.2, 0) is 11.2 Å². The summed E-state index contributed by atoms with van der Waals surface area (Å²) in [6, 6.07) is 17.9. The average Bonchev–Trinajstić information content (AvgIpc) is 2.84. The number of thioether (sulfide) groups is 1. The highest BCUT2D eigenvalue weighted by Crippen LogP contribution is 2.28. The molecule has 0 bridgehead atoms. The Morgan fingerprint density at radius 3 is 2.76 bits per heavy atom. The highest BCUT2D eigenvalue weighted by Gasteiger charge is 2.19. The third-order valence-electron chi connectivity index (χ3n) is 5.88. The SMILES string of the molecule is Cc1c(Cl)cccc1-n1c(SCC(=O)c2ccc3c(c2)CCC(=O)N3)nc2ccccc2c1=O. The number of ketones is 1. The number of nitrogens with zero attached hydrogens (tertiary/aromatic N) is 2. The van der Waals surface area contributed by atoms with E-state index in [0.717, 1.165) is 16.8 Å². The lowest BCUT2D eigenvalue weighted by atomic mass is 9.99. The van der Waals surface area contributed by atoms with Crippen molar-refractivity contribution in [1.82, 2.24) is 9.55 Å². The molecule has 1 aliphatic heterocycles. The van der Waals surface area contributed by atoms with Crippen molar-refractivity contribution in [2.24, 2.45) is 0 Å². The van der Waals surface area contributed by atoms with E-state index in [1.54, 1.807) is 42.5 Å². The van der Waals surface area contributed by atoms with Crippen molar-refractivity contribution in [2.45, 2.75) is 24.9 Å². The average molecular weight is 490 g/mol. The van der Waals surface area contributed by atoms with Crippen molar-refractivity contribution in [1.29, 1.82) is 0 Å². The molecule has 1 aliphatic rings. The summed E-state index contributed by atoms with van der Waals surface area (Å²) in [6.07, 6.45) is 1.01. The Balaban J connectivity index is 1.51. The third-order valence-corrected chi connectivity index (χ3v) is 7.23. The molecule has 4 aromatic rings. The molecule has 1 N–H and O–H groups in total. The number of hydrogen-bond donors (Lipinski definition) is 1. The van der Waals surface area contributed by atoms with Gasteiger partial charge in [0.25, 0.3) is 5.56 Å². The first-order valence-corrected chi connectivity index (χ1v) is 12.1. The lowest BCUT2D eigenvalue weighted by Crippen LogP contribution is -2.23. The number of carbonyl (C=O) groups is 2. The molecule has 0 unspecified atom stereocenters. The van der Waals surface area contributed by atoms with E-state index < -0.39 is 0 Å². The number of para-hydroxylation sites is 1. The van der Waals surface area contributed by atoms with Crippen molar-refractivity contribution in [2.75, 3.05) is 11.1 Å². The second kappa shape index (κ2) is 9.08. The van der Waals surface area contributed by atoms with Gasteiger partial charge in [0.2, 0.25) is 5.91 Å².